The molecule has 1 atom stereocenters. The number of nitrogens with zero attached hydrogens (tertiary/aromatic N) is 4. The minimum Gasteiger partial charge on any atom is -0.298 e. The van der Waals surface area contributed by atoms with Gasteiger partial charge in [-0.15, -0.1) is 10.2 Å². The maximum absolute atomic E-state index is 4.40. The lowest BCUT2D eigenvalue weighted by molar-refractivity contribution is 0.200. The number of pyridine rings is 1. The predicted molar refractivity (Wildman–Crippen MR) is 76.3 cm³/mol. The van der Waals surface area contributed by atoms with Gasteiger partial charge in [-0.25, -0.2) is 0 Å². The number of aryl methyl sites for hydroxylation is 1. The predicted octanol–water partition coefficient (Wildman–Crippen LogP) is 2.45. The Kier molecular flexibility index (Phi) is 3.27. The van der Waals surface area contributed by atoms with Gasteiger partial charge in [0.1, 0.15) is 5.82 Å². The van der Waals surface area contributed by atoms with Crippen molar-refractivity contribution in [2.45, 2.75) is 52.1 Å². The molecule has 102 valence electrons. The normalized spacial score (nSPS) is 20.7. The van der Waals surface area contributed by atoms with E-state index in [2.05, 4.69) is 46.3 Å². The number of rotatable bonds is 3. The van der Waals surface area contributed by atoms with Crippen LogP contribution in [0.3, 0.4) is 0 Å². The maximum atomic E-state index is 4.40. The van der Waals surface area contributed by atoms with E-state index in [1.54, 1.807) is 0 Å². The standard InChI is InChI=1S/C15H22N4/c1-11(2)18-9-5-7-13(18)10-15-17-16-14-8-4-6-12(3)19(14)15/h4,6,8,11,13H,5,7,9-10H2,1-3H3. The Hall–Kier alpha value is -1.42. The summed E-state index contributed by atoms with van der Waals surface area (Å²) in [6.07, 6.45) is 3.59. The SMILES string of the molecule is Cc1cccc2nnc(CC3CCCN3C(C)C)n12. The zero-order chi connectivity index (χ0) is 13.4. The van der Waals surface area contributed by atoms with Crippen molar-refractivity contribution < 1.29 is 0 Å². The lowest BCUT2D eigenvalue weighted by atomic mass is 10.1. The molecule has 3 heterocycles. The fraction of sp³-hybridized carbons (Fsp3) is 0.600. The van der Waals surface area contributed by atoms with Gasteiger partial charge < -0.3 is 0 Å². The zero-order valence-electron chi connectivity index (χ0n) is 12.0. The van der Waals surface area contributed by atoms with Crippen LogP contribution in [-0.4, -0.2) is 38.1 Å². The first kappa shape index (κ1) is 12.6. The molecule has 2 aromatic rings. The first-order chi connectivity index (χ1) is 9.16. The summed E-state index contributed by atoms with van der Waals surface area (Å²) in [4.78, 5) is 2.60. The van der Waals surface area contributed by atoms with Gasteiger partial charge in [0, 0.05) is 24.2 Å². The molecule has 0 aliphatic carbocycles. The topological polar surface area (TPSA) is 33.4 Å². The molecule has 2 aromatic heterocycles. The fourth-order valence-corrected chi connectivity index (χ4v) is 3.27. The van der Waals surface area contributed by atoms with Crippen molar-refractivity contribution >= 4 is 5.65 Å². The molecule has 19 heavy (non-hydrogen) atoms. The Balaban J connectivity index is 1.89. The van der Waals surface area contributed by atoms with Gasteiger partial charge >= 0.3 is 0 Å². The van der Waals surface area contributed by atoms with Gasteiger partial charge in [-0.2, -0.15) is 0 Å². The lowest BCUT2D eigenvalue weighted by Crippen LogP contribution is -2.37. The molecule has 0 radical (unpaired) electrons. The maximum Gasteiger partial charge on any atom is 0.160 e. The van der Waals surface area contributed by atoms with E-state index < -0.39 is 0 Å². The summed E-state index contributed by atoms with van der Waals surface area (Å²) in [7, 11) is 0. The van der Waals surface area contributed by atoms with Crippen LogP contribution in [0.4, 0.5) is 0 Å². The minimum absolute atomic E-state index is 0.618. The molecule has 4 heteroatoms. The van der Waals surface area contributed by atoms with Gasteiger partial charge in [0.2, 0.25) is 0 Å². The molecule has 0 saturated carbocycles. The summed E-state index contributed by atoms with van der Waals surface area (Å²) < 4.78 is 2.19. The van der Waals surface area contributed by atoms with E-state index in [1.807, 2.05) is 12.1 Å². The molecule has 0 bridgehead atoms. The van der Waals surface area contributed by atoms with E-state index in [9.17, 15) is 0 Å². The van der Waals surface area contributed by atoms with Crippen molar-refractivity contribution in [3.05, 3.63) is 29.7 Å². The van der Waals surface area contributed by atoms with Crippen LogP contribution in [0.25, 0.3) is 5.65 Å². The van der Waals surface area contributed by atoms with Crippen LogP contribution >= 0.6 is 0 Å². The Labute approximate surface area is 114 Å². The van der Waals surface area contributed by atoms with Gasteiger partial charge in [0.15, 0.2) is 5.65 Å². The van der Waals surface area contributed by atoms with Crippen molar-refractivity contribution in [3.63, 3.8) is 0 Å². The van der Waals surface area contributed by atoms with Crippen LogP contribution in [0.1, 0.15) is 38.2 Å². The van der Waals surface area contributed by atoms with Crippen LogP contribution < -0.4 is 0 Å². The summed E-state index contributed by atoms with van der Waals surface area (Å²) in [5.41, 5.74) is 2.18. The van der Waals surface area contributed by atoms with Crippen LogP contribution in [0.5, 0.6) is 0 Å². The Bertz CT molecular complexity index is 573. The molecular weight excluding hydrogens is 236 g/mol. The summed E-state index contributed by atoms with van der Waals surface area (Å²) in [5.74, 6) is 1.10. The van der Waals surface area contributed by atoms with Gasteiger partial charge in [0.05, 0.1) is 0 Å². The van der Waals surface area contributed by atoms with E-state index in [0.29, 0.717) is 12.1 Å². The third-order valence-electron chi connectivity index (χ3n) is 4.19. The first-order valence-corrected chi connectivity index (χ1v) is 7.22. The summed E-state index contributed by atoms with van der Waals surface area (Å²) in [5, 5.41) is 8.69. The molecule has 1 aliphatic rings. The van der Waals surface area contributed by atoms with Crippen molar-refractivity contribution in [1.82, 2.24) is 19.5 Å². The summed E-state index contributed by atoms with van der Waals surface area (Å²) in [6.45, 7) is 7.91. The third-order valence-corrected chi connectivity index (χ3v) is 4.19. The number of hydrogen-bond acceptors (Lipinski definition) is 3. The highest BCUT2D eigenvalue weighted by Crippen LogP contribution is 2.23. The average Bonchev–Trinajstić information content (AvgIpc) is 2.98. The third kappa shape index (κ3) is 2.25. The van der Waals surface area contributed by atoms with E-state index >= 15 is 0 Å². The highest BCUT2D eigenvalue weighted by molar-refractivity contribution is 5.39. The fourth-order valence-electron chi connectivity index (χ4n) is 3.27. The van der Waals surface area contributed by atoms with E-state index in [0.717, 1.165) is 17.9 Å². The summed E-state index contributed by atoms with van der Waals surface area (Å²) in [6, 6.07) is 7.42. The number of aromatic nitrogens is 3. The largest absolute Gasteiger partial charge is 0.298 e. The zero-order valence-corrected chi connectivity index (χ0v) is 12.0. The molecule has 0 amide bonds. The first-order valence-electron chi connectivity index (χ1n) is 7.22. The van der Waals surface area contributed by atoms with Gasteiger partial charge in [0.25, 0.3) is 0 Å². The van der Waals surface area contributed by atoms with Gasteiger partial charge in [-0.3, -0.25) is 9.30 Å². The van der Waals surface area contributed by atoms with Crippen molar-refractivity contribution in [3.8, 4) is 0 Å². The molecule has 0 N–H and O–H groups in total. The molecule has 0 spiro atoms. The molecule has 1 unspecified atom stereocenters. The van der Waals surface area contributed by atoms with Crippen LogP contribution in [0.15, 0.2) is 18.2 Å². The number of fused-ring (bicyclic) bond motifs is 1. The molecule has 1 aliphatic heterocycles. The Morgan fingerprint density at radius 1 is 1.32 bits per heavy atom. The van der Waals surface area contributed by atoms with E-state index in [4.69, 9.17) is 0 Å². The average molecular weight is 258 g/mol. The van der Waals surface area contributed by atoms with Gasteiger partial charge in [-0.05, 0) is 52.3 Å². The van der Waals surface area contributed by atoms with Crippen LogP contribution in [0, 0.1) is 6.92 Å². The second kappa shape index (κ2) is 4.93. The molecule has 4 nitrogen and oxygen atoms in total. The van der Waals surface area contributed by atoms with Crippen LogP contribution in [0.2, 0.25) is 0 Å². The van der Waals surface area contributed by atoms with Crippen LogP contribution in [-0.2, 0) is 6.42 Å². The highest BCUT2D eigenvalue weighted by atomic mass is 15.3. The molecule has 1 fully saturated rings. The Morgan fingerprint density at radius 3 is 2.95 bits per heavy atom. The number of likely N-dealkylation sites (tertiary alicyclic amines) is 1. The monoisotopic (exact) mass is 258 g/mol. The second-order valence-corrected chi connectivity index (χ2v) is 5.81. The van der Waals surface area contributed by atoms with Gasteiger partial charge in [-0.1, -0.05) is 6.07 Å². The van der Waals surface area contributed by atoms with Crippen molar-refractivity contribution in [2.24, 2.45) is 0 Å². The highest BCUT2D eigenvalue weighted by Gasteiger charge is 2.28. The Morgan fingerprint density at radius 2 is 2.16 bits per heavy atom. The number of hydrogen-bond donors (Lipinski definition) is 0. The van der Waals surface area contributed by atoms with E-state index in [1.165, 1.54) is 25.1 Å². The molecule has 0 aromatic carbocycles. The minimum atomic E-state index is 0.618. The quantitative estimate of drug-likeness (QED) is 0.848. The molecule has 3 rings (SSSR count). The van der Waals surface area contributed by atoms with Crippen molar-refractivity contribution in [2.75, 3.05) is 6.54 Å². The molecule has 1 saturated heterocycles. The smallest absolute Gasteiger partial charge is 0.160 e. The summed E-state index contributed by atoms with van der Waals surface area (Å²) >= 11 is 0. The van der Waals surface area contributed by atoms with E-state index in [-0.39, 0.29) is 0 Å². The van der Waals surface area contributed by atoms with Crippen molar-refractivity contribution in [1.29, 1.82) is 0 Å². The lowest BCUT2D eigenvalue weighted by Gasteiger charge is -2.27. The second-order valence-electron chi connectivity index (χ2n) is 5.81. The molecular formula is C15H22N4.